The number of hydrogen-bond acceptors (Lipinski definition) is 2. The first-order chi connectivity index (χ1) is 8.58. The Morgan fingerprint density at radius 2 is 1.89 bits per heavy atom. The summed E-state index contributed by atoms with van der Waals surface area (Å²) in [5, 5.41) is 3.37. The summed E-state index contributed by atoms with van der Waals surface area (Å²) in [7, 11) is 0. The zero-order valence-electron chi connectivity index (χ0n) is 9.91. The van der Waals surface area contributed by atoms with Crippen LogP contribution in [0.1, 0.15) is 11.1 Å². The van der Waals surface area contributed by atoms with E-state index in [0.717, 1.165) is 27.0 Å². The molecule has 0 amide bonds. The first-order valence-electron chi connectivity index (χ1n) is 5.50. The highest BCUT2D eigenvalue weighted by molar-refractivity contribution is 9.10. The van der Waals surface area contributed by atoms with Gasteiger partial charge in [0.15, 0.2) is 0 Å². The molecule has 2 nitrogen and oxygen atoms in total. The Bertz CT molecular complexity index is 596. The molecule has 0 heterocycles. The van der Waals surface area contributed by atoms with Crippen molar-refractivity contribution in [3.05, 3.63) is 58.1 Å². The molecule has 0 saturated carbocycles. The summed E-state index contributed by atoms with van der Waals surface area (Å²) in [6.07, 6.45) is 0. The number of rotatable bonds is 3. The van der Waals surface area contributed by atoms with E-state index in [0.29, 0.717) is 4.99 Å². The van der Waals surface area contributed by atoms with E-state index in [2.05, 4.69) is 34.2 Å². The van der Waals surface area contributed by atoms with Gasteiger partial charge < -0.3 is 11.1 Å². The van der Waals surface area contributed by atoms with E-state index >= 15 is 0 Å². The monoisotopic (exact) mass is 320 g/mol. The van der Waals surface area contributed by atoms with Crippen molar-refractivity contribution in [2.24, 2.45) is 5.73 Å². The fourth-order valence-electron chi connectivity index (χ4n) is 1.68. The second-order valence-electron chi connectivity index (χ2n) is 3.99. The molecule has 0 aliphatic rings. The van der Waals surface area contributed by atoms with Crippen molar-refractivity contribution in [3.8, 4) is 0 Å². The highest BCUT2D eigenvalue weighted by atomic mass is 79.9. The summed E-state index contributed by atoms with van der Waals surface area (Å²) < 4.78 is 1.03. The number of para-hydroxylation sites is 1. The predicted molar refractivity (Wildman–Crippen MR) is 84.5 cm³/mol. The summed E-state index contributed by atoms with van der Waals surface area (Å²) in [6.45, 7) is 2.05. The second kappa shape index (κ2) is 5.50. The number of hydrogen-bond donors (Lipinski definition) is 2. The summed E-state index contributed by atoms with van der Waals surface area (Å²) in [4.78, 5) is 0.394. The molecular weight excluding hydrogens is 308 g/mol. The fourth-order valence-corrected chi connectivity index (χ4v) is 2.22. The van der Waals surface area contributed by atoms with Crippen molar-refractivity contribution in [3.63, 3.8) is 0 Å². The number of aryl methyl sites for hydroxylation is 1. The number of halogens is 1. The Labute approximate surface area is 120 Å². The molecular formula is C14H13BrN2S. The third-order valence-corrected chi connectivity index (χ3v) is 3.37. The topological polar surface area (TPSA) is 38.0 Å². The third-order valence-electron chi connectivity index (χ3n) is 2.66. The highest BCUT2D eigenvalue weighted by Crippen LogP contribution is 2.26. The fraction of sp³-hybridized carbons (Fsp3) is 0.0714. The van der Waals surface area contributed by atoms with Crippen LogP contribution in [0.5, 0.6) is 0 Å². The Balaban J connectivity index is 2.40. The van der Waals surface area contributed by atoms with Gasteiger partial charge in [0.05, 0.1) is 0 Å². The number of nitrogens with two attached hydrogens (primary N) is 1. The van der Waals surface area contributed by atoms with Gasteiger partial charge in [-0.15, -0.1) is 0 Å². The van der Waals surface area contributed by atoms with Crippen LogP contribution in [0.15, 0.2) is 46.9 Å². The lowest BCUT2D eigenvalue weighted by Gasteiger charge is -2.13. The maximum Gasteiger partial charge on any atom is 0.106 e. The SMILES string of the molecule is Cc1ccc(Br)cc1Nc1ccccc1C(N)=S. The van der Waals surface area contributed by atoms with Crippen LogP contribution in [0.4, 0.5) is 11.4 Å². The molecule has 0 aliphatic heterocycles. The van der Waals surface area contributed by atoms with E-state index in [1.165, 1.54) is 0 Å². The molecule has 0 aromatic heterocycles. The minimum absolute atomic E-state index is 0.394. The first-order valence-corrected chi connectivity index (χ1v) is 6.70. The molecule has 0 saturated heterocycles. The van der Waals surface area contributed by atoms with Gasteiger partial charge in [0.2, 0.25) is 0 Å². The average molecular weight is 321 g/mol. The molecule has 0 unspecified atom stereocenters. The maximum atomic E-state index is 5.72. The van der Waals surface area contributed by atoms with Crippen molar-refractivity contribution < 1.29 is 0 Å². The summed E-state index contributed by atoms with van der Waals surface area (Å²) >= 11 is 8.52. The zero-order chi connectivity index (χ0) is 13.1. The van der Waals surface area contributed by atoms with E-state index in [1.807, 2.05) is 36.4 Å². The number of nitrogens with one attached hydrogen (secondary N) is 1. The van der Waals surface area contributed by atoms with Crippen molar-refractivity contribution in [2.75, 3.05) is 5.32 Å². The number of benzene rings is 2. The van der Waals surface area contributed by atoms with Crippen LogP contribution in [0.2, 0.25) is 0 Å². The lowest BCUT2D eigenvalue weighted by molar-refractivity contribution is 1.41. The molecule has 2 rings (SSSR count). The number of thiocarbonyl (C=S) groups is 1. The Kier molecular flexibility index (Phi) is 3.99. The van der Waals surface area contributed by atoms with Crippen molar-refractivity contribution in [1.82, 2.24) is 0 Å². The minimum atomic E-state index is 0.394. The second-order valence-corrected chi connectivity index (χ2v) is 5.35. The Morgan fingerprint density at radius 1 is 1.17 bits per heavy atom. The van der Waals surface area contributed by atoms with Crippen LogP contribution in [0.25, 0.3) is 0 Å². The average Bonchev–Trinajstić information content (AvgIpc) is 2.34. The van der Waals surface area contributed by atoms with Crippen LogP contribution in [0, 0.1) is 6.92 Å². The summed E-state index contributed by atoms with van der Waals surface area (Å²) in [6, 6.07) is 13.9. The third kappa shape index (κ3) is 2.89. The van der Waals surface area contributed by atoms with Gasteiger partial charge in [-0.3, -0.25) is 0 Å². The quantitative estimate of drug-likeness (QED) is 0.835. The van der Waals surface area contributed by atoms with Gasteiger partial charge in [0.1, 0.15) is 4.99 Å². The minimum Gasteiger partial charge on any atom is -0.389 e. The smallest absolute Gasteiger partial charge is 0.106 e. The zero-order valence-corrected chi connectivity index (χ0v) is 12.3. The van der Waals surface area contributed by atoms with Gasteiger partial charge >= 0.3 is 0 Å². The Hall–Kier alpha value is -1.39. The lowest BCUT2D eigenvalue weighted by Crippen LogP contribution is -2.11. The van der Waals surface area contributed by atoms with E-state index in [-0.39, 0.29) is 0 Å². The van der Waals surface area contributed by atoms with Gasteiger partial charge in [0.25, 0.3) is 0 Å². The molecule has 2 aromatic rings. The molecule has 92 valence electrons. The van der Waals surface area contributed by atoms with Gasteiger partial charge in [-0.25, -0.2) is 0 Å². The van der Waals surface area contributed by atoms with Crippen LogP contribution in [-0.2, 0) is 0 Å². The molecule has 4 heteroatoms. The maximum absolute atomic E-state index is 5.72. The van der Waals surface area contributed by atoms with Gasteiger partial charge in [0, 0.05) is 21.4 Å². The molecule has 0 spiro atoms. The summed E-state index contributed by atoms with van der Waals surface area (Å²) in [5.41, 5.74) is 9.69. The molecule has 0 atom stereocenters. The van der Waals surface area contributed by atoms with Crippen molar-refractivity contribution in [2.45, 2.75) is 6.92 Å². The molecule has 0 aliphatic carbocycles. The molecule has 3 N–H and O–H groups in total. The van der Waals surface area contributed by atoms with E-state index in [4.69, 9.17) is 18.0 Å². The first kappa shape index (κ1) is 13.1. The largest absolute Gasteiger partial charge is 0.389 e. The Morgan fingerprint density at radius 3 is 2.61 bits per heavy atom. The van der Waals surface area contributed by atoms with Gasteiger partial charge in [-0.05, 0) is 36.8 Å². The lowest BCUT2D eigenvalue weighted by atomic mass is 10.1. The van der Waals surface area contributed by atoms with Gasteiger partial charge in [-0.1, -0.05) is 46.3 Å². The standard InChI is InChI=1S/C14H13BrN2S/c1-9-6-7-10(15)8-13(9)17-12-5-3-2-4-11(12)14(16)18/h2-8,17H,1H3,(H2,16,18). The van der Waals surface area contributed by atoms with Gasteiger partial charge in [-0.2, -0.15) is 0 Å². The molecule has 2 aromatic carbocycles. The number of anilines is 2. The summed E-state index contributed by atoms with van der Waals surface area (Å²) in [5.74, 6) is 0. The van der Waals surface area contributed by atoms with Crippen molar-refractivity contribution in [1.29, 1.82) is 0 Å². The van der Waals surface area contributed by atoms with Crippen molar-refractivity contribution >= 4 is 44.5 Å². The normalized spacial score (nSPS) is 10.1. The molecule has 18 heavy (non-hydrogen) atoms. The van der Waals surface area contributed by atoms with E-state index in [1.54, 1.807) is 0 Å². The van der Waals surface area contributed by atoms with Crippen LogP contribution in [-0.4, -0.2) is 4.99 Å². The molecule has 0 bridgehead atoms. The predicted octanol–water partition coefficient (Wildman–Crippen LogP) is 4.14. The van der Waals surface area contributed by atoms with E-state index < -0.39 is 0 Å². The highest BCUT2D eigenvalue weighted by Gasteiger charge is 2.06. The van der Waals surface area contributed by atoms with Crippen LogP contribution >= 0.6 is 28.1 Å². The molecule has 0 radical (unpaired) electrons. The van der Waals surface area contributed by atoms with Crippen LogP contribution in [0.3, 0.4) is 0 Å². The van der Waals surface area contributed by atoms with E-state index in [9.17, 15) is 0 Å². The van der Waals surface area contributed by atoms with Crippen LogP contribution < -0.4 is 11.1 Å². The molecule has 0 fully saturated rings.